The number of carbonyl (C=O) groups is 1. The zero-order chi connectivity index (χ0) is 22.3. The molecule has 0 bridgehead atoms. The maximum atomic E-state index is 14.4. The van der Waals surface area contributed by atoms with Crippen LogP contribution in [0.2, 0.25) is 0 Å². The quantitative estimate of drug-likeness (QED) is 0.608. The molecule has 1 amide bonds. The van der Waals surface area contributed by atoms with Gasteiger partial charge in [0, 0.05) is 24.8 Å². The van der Waals surface area contributed by atoms with E-state index in [1.165, 1.54) is 13.2 Å². The number of amides is 1. The van der Waals surface area contributed by atoms with E-state index in [9.17, 15) is 9.18 Å². The first kappa shape index (κ1) is 21.4. The van der Waals surface area contributed by atoms with Crippen LogP contribution in [0.3, 0.4) is 0 Å². The molecule has 0 atom stereocenters. The van der Waals surface area contributed by atoms with E-state index in [-0.39, 0.29) is 17.8 Å². The zero-order valence-corrected chi connectivity index (χ0v) is 19.2. The van der Waals surface area contributed by atoms with Gasteiger partial charge in [-0.05, 0) is 68.4 Å². The second-order valence-corrected chi connectivity index (χ2v) is 9.70. The number of fused-ring (bicyclic) bond motifs is 2. The van der Waals surface area contributed by atoms with Crippen molar-refractivity contribution in [2.75, 3.05) is 37.3 Å². The van der Waals surface area contributed by atoms with E-state index in [1.54, 1.807) is 12.1 Å². The van der Waals surface area contributed by atoms with Gasteiger partial charge in [-0.25, -0.2) is 4.39 Å². The molecule has 0 aromatic heterocycles. The number of piperidine rings is 1. The van der Waals surface area contributed by atoms with Gasteiger partial charge in [-0.3, -0.25) is 4.79 Å². The van der Waals surface area contributed by atoms with E-state index in [1.807, 2.05) is 12.1 Å². The Balaban J connectivity index is 1.45. The smallest absolute Gasteiger partial charge is 0.235 e. The number of nitrogens with zero attached hydrogens (tertiary/aromatic N) is 1. The highest BCUT2D eigenvalue weighted by atomic mass is 32.2. The molecule has 2 heterocycles. The summed E-state index contributed by atoms with van der Waals surface area (Å²) in [6.07, 6.45) is 4.73. The Morgan fingerprint density at radius 1 is 1.22 bits per heavy atom. The standard InChI is InChI=1S/C24H28FN3O3S/c1-28-11-7-16(8-12-28)31-20-14-15(27-32-22-18(25)5-3-6-19(22)30-2)13-17-21(20)26-23(29)24(17)9-4-10-24/h3,5-6,13-14,16,27H,4,7-12H2,1-2H3,(H,26,29). The summed E-state index contributed by atoms with van der Waals surface area (Å²) in [7, 11) is 3.65. The fourth-order valence-corrected chi connectivity index (χ4v) is 5.55. The van der Waals surface area contributed by atoms with Crippen LogP contribution in [0.1, 0.15) is 37.7 Å². The van der Waals surface area contributed by atoms with Crippen LogP contribution in [-0.2, 0) is 10.2 Å². The molecular formula is C24H28FN3O3S. The molecule has 1 saturated carbocycles. The Morgan fingerprint density at radius 2 is 2.00 bits per heavy atom. The molecule has 32 heavy (non-hydrogen) atoms. The normalized spacial score (nSPS) is 19.9. The summed E-state index contributed by atoms with van der Waals surface area (Å²) in [5, 5.41) is 3.10. The van der Waals surface area contributed by atoms with Crippen LogP contribution in [0.4, 0.5) is 15.8 Å². The van der Waals surface area contributed by atoms with E-state index in [4.69, 9.17) is 9.47 Å². The molecule has 3 aliphatic rings. The fraction of sp³-hybridized carbons (Fsp3) is 0.458. The number of anilines is 2. The molecule has 1 aliphatic carbocycles. The average molecular weight is 458 g/mol. The fourth-order valence-electron chi connectivity index (χ4n) is 4.80. The number of rotatable bonds is 6. The first-order valence-corrected chi connectivity index (χ1v) is 11.9. The Hall–Kier alpha value is -2.45. The molecule has 8 heteroatoms. The number of benzene rings is 2. The van der Waals surface area contributed by atoms with Crippen molar-refractivity contribution in [1.82, 2.24) is 4.90 Å². The SMILES string of the molecule is COc1cccc(F)c1SNc1cc(OC2CCN(C)CC2)c2c(c1)C1(CCC1)C(=O)N2. The first-order chi connectivity index (χ1) is 15.5. The minimum absolute atomic E-state index is 0.0625. The summed E-state index contributed by atoms with van der Waals surface area (Å²) in [4.78, 5) is 15.6. The summed E-state index contributed by atoms with van der Waals surface area (Å²) >= 11 is 1.16. The number of ether oxygens (including phenoxy) is 2. The van der Waals surface area contributed by atoms with Gasteiger partial charge in [0.25, 0.3) is 0 Å². The molecule has 2 N–H and O–H groups in total. The molecule has 2 aliphatic heterocycles. The maximum absolute atomic E-state index is 14.4. The van der Waals surface area contributed by atoms with Crippen LogP contribution < -0.4 is 19.5 Å². The van der Waals surface area contributed by atoms with Crippen molar-refractivity contribution in [3.63, 3.8) is 0 Å². The second kappa shape index (κ2) is 8.48. The van der Waals surface area contributed by atoms with Gasteiger partial charge in [0.1, 0.15) is 28.3 Å². The third kappa shape index (κ3) is 3.69. The molecule has 1 saturated heterocycles. The molecular weight excluding hydrogens is 429 g/mol. The van der Waals surface area contributed by atoms with Crippen LogP contribution in [0, 0.1) is 5.82 Å². The molecule has 1 spiro atoms. The lowest BCUT2D eigenvalue weighted by atomic mass is 9.65. The van der Waals surface area contributed by atoms with E-state index in [0.717, 1.165) is 74.1 Å². The van der Waals surface area contributed by atoms with Crippen molar-refractivity contribution in [2.45, 2.75) is 48.5 Å². The molecule has 2 fully saturated rings. The average Bonchev–Trinajstić information content (AvgIpc) is 3.06. The molecule has 0 radical (unpaired) electrons. The van der Waals surface area contributed by atoms with E-state index < -0.39 is 5.41 Å². The van der Waals surface area contributed by atoms with Crippen molar-refractivity contribution in [2.24, 2.45) is 0 Å². The van der Waals surface area contributed by atoms with Gasteiger partial charge in [-0.15, -0.1) is 0 Å². The first-order valence-electron chi connectivity index (χ1n) is 11.1. The number of likely N-dealkylation sites (tertiary alicyclic amines) is 1. The minimum atomic E-state index is -0.460. The largest absolute Gasteiger partial charge is 0.495 e. The summed E-state index contributed by atoms with van der Waals surface area (Å²) in [6.45, 7) is 1.98. The lowest BCUT2D eigenvalue weighted by Gasteiger charge is -2.36. The van der Waals surface area contributed by atoms with Gasteiger partial charge >= 0.3 is 0 Å². The number of nitrogens with one attached hydrogen (secondary N) is 2. The monoisotopic (exact) mass is 457 g/mol. The van der Waals surface area contributed by atoms with Gasteiger partial charge < -0.3 is 24.4 Å². The van der Waals surface area contributed by atoms with Gasteiger partial charge in [-0.2, -0.15) is 0 Å². The highest BCUT2D eigenvalue weighted by Crippen LogP contribution is 2.55. The maximum Gasteiger partial charge on any atom is 0.235 e. The number of hydrogen-bond donors (Lipinski definition) is 2. The predicted molar refractivity (Wildman–Crippen MR) is 124 cm³/mol. The van der Waals surface area contributed by atoms with E-state index in [2.05, 4.69) is 22.0 Å². The van der Waals surface area contributed by atoms with Crippen molar-refractivity contribution in [3.05, 3.63) is 41.7 Å². The number of halogens is 1. The van der Waals surface area contributed by atoms with Crippen LogP contribution in [0.5, 0.6) is 11.5 Å². The summed E-state index contributed by atoms with van der Waals surface area (Å²) in [6, 6.07) is 8.69. The van der Waals surface area contributed by atoms with Gasteiger partial charge in [0.2, 0.25) is 5.91 Å². The Morgan fingerprint density at radius 3 is 2.69 bits per heavy atom. The zero-order valence-electron chi connectivity index (χ0n) is 18.4. The van der Waals surface area contributed by atoms with E-state index >= 15 is 0 Å². The van der Waals surface area contributed by atoms with Crippen LogP contribution in [-0.4, -0.2) is 44.2 Å². The molecule has 5 rings (SSSR count). The second-order valence-electron chi connectivity index (χ2n) is 8.88. The van der Waals surface area contributed by atoms with Crippen molar-refractivity contribution < 1.29 is 18.7 Å². The van der Waals surface area contributed by atoms with Crippen LogP contribution in [0.25, 0.3) is 0 Å². The van der Waals surface area contributed by atoms with Crippen molar-refractivity contribution >= 4 is 29.2 Å². The molecule has 6 nitrogen and oxygen atoms in total. The summed E-state index contributed by atoms with van der Waals surface area (Å²) in [5.41, 5.74) is 2.11. The summed E-state index contributed by atoms with van der Waals surface area (Å²) < 4.78 is 29.4. The number of methoxy groups -OCH3 is 1. The molecule has 2 aromatic rings. The summed E-state index contributed by atoms with van der Waals surface area (Å²) in [5.74, 6) is 0.877. The third-order valence-electron chi connectivity index (χ3n) is 6.88. The third-order valence-corrected chi connectivity index (χ3v) is 7.82. The van der Waals surface area contributed by atoms with Gasteiger partial charge in [0.15, 0.2) is 0 Å². The minimum Gasteiger partial charge on any atom is -0.495 e. The lowest BCUT2D eigenvalue weighted by molar-refractivity contribution is -0.123. The van der Waals surface area contributed by atoms with Crippen LogP contribution >= 0.6 is 11.9 Å². The van der Waals surface area contributed by atoms with Gasteiger partial charge in [-0.1, -0.05) is 12.5 Å². The van der Waals surface area contributed by atoms with E-state index in [0.29, 0.717) is 16.4 Å². The molecule has 2 aromatic carbocycles. The Kier molecular flexibility index (Phi) is 5.67. The molecule has 0 unspecified atom stereocenters. The number of carbonyl (C=O) groups excluding carboxylic acids is 1. The Bertz CT molecular complexity index is 1040. The molecule has 170 valence electrons. The van der Waals surface area contributed by atoms with Gasteiger partial charge in [0.05, 0.1) is 18.2 Å². The highest BCUT2D eigenvalue weighted by molar-refractivity contribution is 8.00. The van der Waals surface area contributed by atoms with Crippen molar-refractivity contribution in [1.29, 1.82) is 0 Å². The topological polar surface area (TPSA) is 62.8 Å². The highest BCUT2D eigenvalue weighted by Gasteiger charge is 2.52. The Labute approximate surface area is 192 Å². The number of hydrogen-bond acceptors (Lipinski definition) is 6. The van der Waals surface area contributed by atoms with Crippen LogP contribution in [0.15, 0.2) is 35.2 Å². The lowest BCUT2D eigenvalue weighted by Crippen LogP contribution is -2.40. The predicted octanol–water partition coefficient (Wildman–Crippen LogP) is 4.80. The van der Waals surface area contributed by atoms with Crippen molar-refractivity contribution in [3.8, 4) is 11.5 Å².